The molecular weight excluding hydrogens is 158 g/mol. The van der Waals surface area contributed by atoms with Crippen molar-refractivity contribution in [1.82, 2.24) is 0 Å². The predicted octanol–water partition coefficient (Wildman–Crippen LogP) is 2.87. The van der Waals surface area contributed by atoms with E-state index in [1.807, 2.05) is 18.2 Å². The van der Waals surface area contributed by atoms with Gasteiger partial charge in [-0.05, 0) is 42.4 Å². The van der Waals surface area contributed by atoms with Gasteiger partial charge in [0.2, 0.25) is 0 Å². The van der Waals surface area contributed by atoms with Crippen LogP contribution in [-0.2, 0) is 6.42 Å². The highest BCUT2D eigenvalue weighted by Crippen LogP contribution is 2.41. The number of fused-ring (bicyclic) bond motifs is 1. The second-order valence-corrected chi connectivity index (χ2v) is 3.69. The van der Waals surface area contributed by atoms with Gasteiger partial charge in [0.1, 0.15) is 0 Å². The summed E-state index contributed by atoms with van der Waals surface area (Å²) in [6, 6.07) is 6.22. The molecule has 0 bridgehead atoms. The molecule has 0 amide bonds. The lowest BCUT2D eigenvalue weighted by Crippen LogP contribution is -2.18. The Hall–Kier alpha value is -1.24. The third-order valence-electron chi connectivity index (χ3n) is 2.82. The first-order chi connectivity index (χ1) is 6.33. The Morgan fingerprint density at radius 3 is 3.08 bits per heavy atom. The van der Waals surface area contributed by atoms with Crippen LogP contribution in [0.25, 0.3) is 0 Å². The van der Waals surface area contributed by atoms with E-state index < -0.39 is 0 Å². The van der Waals surface area contributed by atoms with Crippen LogP contribution in [0.1, 0.15) is 29.9 Å². The summed E-state index contributed by atoms with van der Waals surface area (Å²) in [4.78, 5) is 0. The summed E-state index contributed by atoms with van der Waals surface area (Å²) in [5.41, 5.74) is 9.71. The topological polar surface area (TPSA) is 26.0 Å². The SMILES string of the molecule is C=CCCC1Cc2cccc(N)c21. The largest absolute Gasteiger partial charge is 0.398 e. The smallest absolute Gasteiger partial charge is 0.0352 e. The second kappa shape index (κ2) is 3.25. The van der Waals surface area contributed by atoms with Gasteiger partial charge in [0.25, 0.3) is 0 Å². The standard InChI is InChI=1S/C12H15N/c1-2-3-5-9-8-10-6-4-7-11(13)12(9)10/h2,4,6-7,9H,1,3,5,8,13H2. The molecule has 0 saturated heterocycles. The number of hydrogen-bond donors (Lipinski definition) is 1. The number of nitrogen functional groups attached to an aromatic ring is 1. The van der Waals surface area contributed by atoms with E-state index in [2.05, 4.69) is 12.6 Å². The predicted molar refractivity (Wildman–Crippen MR) is 56.7 cm³/mol. The van der Waals surface area contributed by atoms with E-state index in [0.717, 1.165) is 12.1 Å². The molecule has 0 heterocycles. The second-order valence-electron chi connectivity index (χ2n) is 3.69. The van der Waals surface area contributed by atoms with E-state index in [4.69, 9.17) is 5.73 Å². The van der Waals surface area contributed by atoms with E-state index >= 15 is 0 Å². The molecule has 1 aromatic rings. The summed E-state index contributed by atoms with van der Waals surface area (Å²) in [5.74, 6) is 0.689. The zero-order valence-corrected chi connectivity index (χ0v) is 7.79. The molecule has 68 valence electrons. The summed E-state index contributed by atoms with van der Waals surface area (Å²) in [6.07, 6.45) is 5.48. The van der Waals surface area contributed by atoms with Crippen molar-refractivity contribution in [3.63, 3.8) is 0 Å². The van der Waals surface area contributed by atoms with Gasteiger partial charge < -0.3 is 5.73 Å². The van der Waals surface area contributed by atoms with Crippen molar-refractivity contribution >= 4 is 5.69 Å². The van der Waals surface area contributed by atoms with Crippen LogP contribution >= 0.6 is 0 Å². The molecule has 1 aliphatic rings. The molecule has 1 aliphatic carbocycles. The van der Waals surface area contributed by atoms with Crippen LogP contribution < -0.4 is 5.73 Å². The van der Waals surface area contributed by atoms with Crippen molar-refractivity contribution in [2.24, 2.45) is 0 Å². The minimum absolute atomic E-state index is 0.689. The highest BCUT2D eigenvalue weighted by molar-refractivity contribution is 5.58. The van der Waals surface area contributed by atoms with E-state index in [1.54, 1.807) is 0 Å². The zero-order chi connectivity index (χ0) is 9.26. The van der Waals surface area contributed by atoms with Crippen LogP contribution in [0, 0.1) is 0 Å². The van der Waals surface area contributed by atoms with E-state index in [9.17, 15) is 0 Å². The third-order valence-corrected chi connectivity index (χ3v) is 2.82. The summed E-state index contributed by atoms with van der Waals surface area (Å²) >= 11 is 0. The Kier molecular flexibility index (Phi) is 2.09. The lowest BCUT2D eigenvalue weighted by atomic mass is 9.74. The van der Waals surface area contributed by atoms with Crippen LogP contribution in [0.2, 0.25) is 0 Å². The third kappa shape index (κ3) is 1.35. The average Bonchev–Trinajstić information content (AvgIpc) is 2.07. The van der Waals surface area contributed by atoms with Gasteiger partial charge in [-0.2, -0.15) is 0 Å². The van der Waals surface area contributed by atoms with Crippen LogP contribution in [0.3, 0.4) is 0 Å². The quantitative estimate of drug-likeness (QED) is 0.552. The summed E-state index contributed by atoms with van der Waals surface area (Å²) in [6.45, 7) is 3.74. The molecule has 1 unspecified atom stereocenters. The lowest BCUT2D eigenvalue weighted by Gasteiger charge is -2.31. The molecule has 1 aromatic carbocycles. The Morgan fingerprint density at radius 2 is 2.38 bits per heavy atom. The molecule has 1 atom stereocenters. The zero-order valence-electron chi connectivity index (χ0n) is 7.79. The van der Waals surface area contributed by atoms with Gasteiger partial charge in [-0.15, -0.1) is 6.58 Å². The van der Waals surface area contributed by atoms with E-state index in [1.165, 1.54) is 24.0 Å². The number of benzene rings is 1. The molecule has 0 saturated carbocycles. The van der Waals surface area contributed by atoms with Gasteiger partial charge in [0, 0.05) is 5.69 Å². The molecule has 0 radical (unpaired) electrons. The maximum Gasteiger partial charge on any atom is 0.0352 e. The number of nitrogens with two attached hydrogens (primary N) is 1. The summed E-state index contributed by atoms with van der Waals surface area (Å²) < 4.78 is 0. The molecule has 13 heavy (non-hydrogen) atoms. The number of allylic oxidation sites excluding steroid dienone is 1. The molecule has 1 nitrogen and oxygen atoms in total. The van der Waals surface area contributed by atoms with Gasteiger partial charge in [-0.3, -0.25) is 0 Å². The van der Waals surface area contributed by atoms with Crippen molar-refractivity contribution in [1.29, 1.82) is 0 Å². The minimum Gasteiger partial charge on any atom is -0.398 e. The molecular formula is C12H15N. The maximum atomic E-state index is 5.91. The van der Waals surface area contributed by atoms with E-state index in [0.29, 0.717) is 5.92 Å². The van der Waals surface area contributed by atoms with Gasteiger partial charge >= 0.3 is 0 Å². The average molecular weight is 173 g/mol. The fourth-order valence-electron chi connectivity index (χ4n) is 2.11. The van der Waals surface area contributed by atoms with Crippen molar-refractivity contribution in [3.8, 4) is 0 Å². The van der Waals surface area contributed by atoms with Crippen LogP contribution in [-0.4, -0.2) is 0 Å². The molecule has 0 spiro atoms. The Labute approximate surface area is 79.3 Å². The minimum atomic E-state index is 0.689. The van der Waals surface area contributed by atoms with Crippen molar-refractivity contribution in [2.75, 3.05) is 5.73 Å². The first-order valence-electron chi connectivity index (χ1n) is 4.81. The molecule has 1 heteroatoms. The Balaban J connectivity index is 2.15. The van der Waals surface area contributed by atoms with Gasteiger partial charge in [-0.1, -0.05) is 18.2 Å². The van der Waals surface area contributed by atoms with Crippen LogP contribution in [0.5, 0.6) is 0 Å². The monoisotopic (exact) mass is 173 g/mol. The molecule has 2 rings (SSSR count). The van der Waals surface area contributed by atoms with E-state index in [-0.39, 0.29) is 0 Å². The van der Waals surface area contributed by atoms with Crippen molar-refractivity contribution < 1.29 is 0 Å². The van der Waals surface area contributed by atoms with Gasteiger partial charge in [0.15, 0.2) is 0 Å². The number of rotatable bonds is 3. The van der Waals surface area contributed by atoms with Crippen molar-refractivity contribution in [2.45, 2.75) is 25.2 Å². The van der Waals surface area contributed by atoms with Crippen LogP contribution in [0.4, 0.5) is 5.69 Å². The summed E-state index contributed by atoms with van der Waals surface area (Å²) in [7, 11) is 0. The number of anilines is 1. The Morgan fingerprint density at radius 1 is 1.54 bits per heavy atom. The molecule has 0 aromatic heterocycles. The van der Waals surface area contributed by atoms with Crippen molar-refractivity contribution in [3.05, 3.63) is 42.0 Å². The maximum absolute atomic E-state index is 5.91. The lowest BCUT2D eigenvalue weighted by molar-refractivity contribution is 0.568. The van der Waals surface area contributed by atoms with Crippen LogP contribution in [0.15, 0.2) is 30.9 Å². The molecule has 0 aliphatic heterocycles. The fraction of sp³-hybridized carbons (Fsp3) is 0.333. The Bertz CT molecular complexity index is 314. The summed E-state index contributed by atoms with van der Waals surface area (Å²) in [5, 5.41) is 0. The van der Waals surface area contributed by atoms with Gasteiger partial charge in [0.05, 0.1) is 0 Å². The first kappa shape index (κ1) is 8.36. The fourth-order valence-corrected chi connectivity index (χ4v) is 2.11. The number of hydrogen-bond acceptors (Lipinski definition) is 1. The first-order valence-corrected chi connectivity index (χ1v) is 4.81. The highest BCUT2D eigenvalue weighted by Gasteiger charge is 2.26. The molecule has 2 N–H and O–H groups in total. The normalized spacial score (nSPS) is 18.9. The van der Waals surface area contributed by atoms with Gasteiger partial charge in [-0.25, -0.2) is 0 Å². The highest BCUT2D eigenvalue weighted by atomic mass is 14.6. The molecule has 0 fully saturated rings.